The SMILES string of the molecule is COc1cccc2c1B(O)OC2CCc1ccccn1. The third-order valence-electron chi connectivity index (χ3n) is 3.60. The van der Waals surface area contributed by atoms with Crippen LogP contribution >= 0.6 is 0 Å². The highest BCUT2D eigenvalue weighted by Gasteiger charge is 2.37. The van der Waals surface area contributed by atoms with Gasteiger partial charge in [0, 0.05) is 17.4 Å². The number of pyridine rings is 1. The Bertz CT molecular complexity index is 591. The smallest absolute Gasteiger partial charge is 0.495 e. The van der Waals surface area contributed by atoms with Crippen molar-refractivity contribution in [2.75, 3.05) is 7.11 Å². The lowest BCUT2D eigenvalue weighted by Gasteiger charge is -2.12. The predicted octanol–water partition coefficient (Wildman–Crippen LogP) is 1.48. The van der Waals surface area contributed by atoms with E-state index in [2.05, 4.69) is 4.98 Å². The minimum atomic E-state index is -0.908. The molecule has 1 aliphatic heterocycles. The monoisotopic (exact) mass is 269 g/mol. The summed E-state index contributed by atoms with van der Waals surface area (Å²) < 4.78 is 10.9. The first kappa shape index (κ1) is 13.2. The molecular weight excluding hydrogens is 253 g/mol. The number of ether oxygens (including phenoxy) is 1. The van der Waals surface area contributed by atoms with Crippen molar-refractivity contribution in [1.82, 2.24) is 4.98 Å². The first-order valence-electron chi connectivity index (χ1n) is 6.70. The Hall–Kier alpha value is -1.85. The van der Waals surface area contributed by atoms with Crippen molar-refractivity contribution >= 4 is 12.6 Å². The molecule has 1 atom stereocenters. The third-order valence-corrected chi connectivity index (χ3v) is 3.60. The molecule has 4 nitrogen and oxygen atoms in total. The summed E-state index contributed by atoms with van der Waals surface area (Å²) in [5.41, 5.74) is 2.79. The van der Waals surface area contributed by atoms with Crippen LogP contribution in [0.1, 0.15) is 23.8 Å². The standard InChI is InChI=1S/C15H16BNO3/c1-19-14-7-4-6-12-13(20-16(18)15(12)14)9-8-11-5-2-3-10-17-11/h2-7,10,13,18H,8-9H2,1H3. The van der Waals surface area contributed by atoms with E-state index in [1.54, 1.807) is 13.3 Å². The summed E-state index contributed by atoms with van der Waals surface area (Å²) in [6.07, 6.45) is 3.27. The largest absolute Gasteiger partial charge is 0.497 e. The van der Waals surface area contributed by atoms with E-state index in [1.165, 1.54) is 0 Å². The van der Waals surface area contributed by atoms with Gasteiger partial charge in [-0.2, -0.15) is 0 Å². The van der Waals surface area contributed by atoms with Crippen molar-refractivity contribution in [3.8, 4) is 5.75 Å². The van der Waals surface area contributed by atoms with Gasteiger partial charge < -0.3 is 14.4 Å². The quantitative estimate of drug-likeness (QED) is 0.854. The fraction of sp³-hybridized carbons (Fsp3) is 0.267. The van der Waals surface area contributed by atoms with Crippen molar-refractivity contribution in [3.63, 3.8) is 0 Å². The number of hydrogen-bond acceptors (Lipinski definition) is 4. The molecule has 0 bridgehead atoms. The molecule has 1 aromatic carbocycles. The Morgan fingerprint density at radius 3 is 2.95 bits per heavy atom. The number of aryl methyl sites for hydroxylation is 1. The van der Waals surface area contributed by atoms with Gasteiger partial charge in [-0.05, 0) is 36.6 Å². The molecule has 0 saturated carbocycles. The number of fused-ring (bicyclic) bond motifs is 1. The predicted molar refractivity (Wildman–Crippen MR) is 77.0 cm³/mol. The molecule has 3 rings (SSSR count). The Morgan fingerprint density at radius 1 is 1.30 bits per heavy atom. The molecule has 0 amide bonds. The van der Waals surface area contributed by atoms with Crippen LogP contribution in [0.4, 0.5) is 0 Å². The highest BCUT2D eigenvalue weighted by molar-refractivity contribution is 6.62. The second-order valence-electron chi connectivity index (χ2n) is 4.80. The van der Waals surface area contributed by atoms with E-state index in [-0.39, 0.29) is 6.10 Å². The second-order valence-corrected chi connectivity index (χ2v) is 4.80. The molecule has 0 aliphatic carbocycles. The lowest BCUT2D eigenvalue weighted by atomic mass is 9.78. The highest BCUT2D eigenvalue weighted by Crippen LogP contribution is 2.30. The molecule has 0 fully saturated rings. The maximum Gasteiger partial charge on any atom is 0.495 e. The summed E-state index contributed by atoms with van der Waals surface area (Å²) in [6.45, 7) is 0. The Kier molecular flexibility index (Phi) is 3.71. The van der Waals surface area contributed by atoms with Gasteiger partial charge in [0.05, 0.1) is 13.2 Å². The van der Waals surface area contributed by atoms with Gasteiger partial charge in [0.15, 0.2) is 0 Å². The van der Waals surface area contributed by atoms with Crippen molar-refractivity contribution in [2.45, 2.75) is 18.9 Å². The number of rotatable bonds is 4. The van der Waals surface area contributed by atoms with Crippen LogP contribution in [0.15, 0.2) is 42.6 Å². The Labute approximate surface area is 118 Å². The van der Waals surface area contributed by atoms with Crippen LogP contribution in [0.5, 0.6) is 5.75 Å². The molecule has 20 heavy (non-hydrogen) atoms. The zero-order valence-electron chi connectivity index (χ0n) is 11.3. The van der Waals surface area contributed by atoms with Crippen LogP contribution in [-0.4, -0.2) is 24.2 Å². The van der Waals surface area contributed by atoms with Crippen LogP contribution in [-0.2, 0) is 11.1 Å². The number of aromatic nitrogens is 1. The molecule has 0 spiro atoms. The van der Waals surface area contributed by atoms with Crippen LogP contribution < -0.4 is 10.2 Å². The highest BCUT2D eigenvalue weighted by atomic mass is 16.5. The van der Waals surface area contributed by atoms with E-state index in [0.29, 0.717) is 5.75 Å². The summed E-state index contributed by atoms with van der Waals surface area (Å²) in [5.74, 6) is 0.676. The van der Waals surface area contributed by atoms with E-state index in [0.717, 1.165) is 29.6 Å². The first-order valence-corrected chi connectivity index (χ1v) is 6.70. The van der Waals surface area contributed by atoms with Gasteiger partial charge >= 0.3 is 7.12 Å². The number of hydrogen-bond donors (Lipinski definition) is 1. The summed E-state index contributed by atoms with van der Waals surface area (Å²) in [6, 6.07) is 11.6. The van der Waals surface area contributed by atoms with Crippen molar-refractivity contribution in [2.24, 2.45) is 0 Å². The average Bonchev–Trinajstić information content (AvgIpc) is 2.83. The van der Waals surface area contributed by atoms with E-state index < -0.39 is 7.12 Å². The minimum absolute atomic E-state index is 0.114. The molecule has 2 heterocycles. The van der Waals surface area contributed by atoms with Crippen LogP contribution in [0.25, 0.3) is 0 Å². The minimum Gasteiger partial charge on any atom is -0.497 e. The molecule has 102 valence electrons. The molecule has 2 aromatic rings. The van der Waals surface area contributed by atoms with E-state index in [4.69, 9.17) is 9.39 Å². The molecule has 5 heteroatoms. The van der Waals surface area contributed by atoms with Gasteiger partial charge in [0.1, 0.15) is 5.75 Å². The molecule has 1 unspecified atom stereocenters. The average molecular weight is 269 g/mol. The molecular formula is C15H16BNO3. The zero-order valence-corrected chi connectivity index (χ0v) is 11.3. The number of benzene rings is 1. The van der Waals surface area contributed by atoms with E-state index >= 15 is 0 Å². The van der Waals surface area contributed by atoms with Gasteiger partial charge in [-0.25, -0.2) is 0 Å². The van der Waals surface area contributed by atoms with Gasteiger partial charge in [-0.3, -0.25) is 4.98 Å². The molecule has 1 aliphatic rings. The molecule has 1 aromatic heterocycles. The van der Waals surface area contributed by atoms with Crippen molar-refractivity contribution in [1.29, 1.82) is 0 Å². The number of nitrogens with zero attached hydrogens (tertiary/aromatic N) is 1. The normalized spacial score (nSPS) is 17.1. The van der Waals surface area contributed by atoms with Crippen LogP contribution in [0.3, 0.4) is 0 Å². The van der Waals surface area contributed by atoms with Crippen LogP contribution in [0, 0.1) is 0 Å². The van der Waals surface area contributed by atoms with Gasteiger partial charge in [0.2, 0.25) is 0 Å². The topological polar surface area (TPSA) is 51.6 Å². The molecule has 0 saturated heterocycles. The zero-order chi connectivity index (χ0) is 13.9. The van der Waals surface area contributed by atoms with Crippen LogP contribution in [0.2, 0.25) is 0 Å². The third kappa shape index (κ3) is 2.42. The maximum atomic E-state index is 10.0. The van der Waals surface area contributed by atoms with Crippen molar-refractivity contribution in [3.05, 3.63) is 53.9 Å². The Morgan fingerprint density at radius 2 is 2.20 bits per heavy atom. The van der Waals surface area contributed by atoms with E-state index in [1.807, 2.05) is 36.4 Å². The Balaban J connectivity index is 1.78. The summed E-state index contributed by atoms with van der Waals surface area (Å²) in [5, 5.41) is 10.0. The van der Waals surface area contributed by atoms with Gasteiger partial charge in [0.25, 0.3) is 0 Å². The summed E-state index contributed by atoms with van der Waals surface area (Å²) >= 11 is 0. The molecule has 1 N–H and O–H groups in total. The first-order chi connectivity index (χ1) is 9.79. The lowest BCUT2D eigenvalue weighted by Crippen LogP contribution is -2.29. The van der Waals surface area contributed by atoms with Gasteiger partial charge in [-0.1, -0.05) is 18.2 Å². The fourth-order valence-electron chi connectivity index (χ4n) is 2.63. The maximum absolute atomic E-state index is 10.0. The number of methoxy groups -OCH3 is 1. The summed E-state index contributed by atoms with van der Waals surface area (Å²) in [7, 11) is 0.693. The second kappa shape index (κ2) is 5.65. The fourth-order valence-corrected chi connectivity index (χ4v) is 2.63. The lowest BCUT2D eigenvalue weighted by molar-refractivity contribution is 0.181. The van der Waals surface area contributed by atoms with E-state index in [9.17, 15) is 5.02 Å². The summed E-state index contributed by atoms with van der Waals surface area (Å²) in [4.78, 5) is 4.31. The van der Waals surface area contributed by atoms with Gasteiger partial charge in [-0.15, -0.1) is 0 Å². The molecule has 0 radical (unpaired) electrons. The van der Waals surface area contributed by atoms with Crippen molar-refractivity contribution < 1.29 is 14.4 Å².